The quantitative estimate of drug-likeness (QED) is 0.723. The summed E-state index contributed by atoms with van der Waals surface area (Å²) < 4.78 is 2.46. The van der Waals surface area contributed by atoms with Gasteiger partial charge in [-0.05, 0) is 37.9 Å². The number of rotatable bonds is 5. The lowest BCUT2D eigenvalue weighted by Crippen LogP contribution is -2.38. The Morgan fingerprint density at radius 1 is 1.47 bits per heavy atom. The van der Waals surface area contributed by atoms with Crippen LogP contribution in [0.15, 0.2) is 0 Å². The lowest BCUT2D eigenvalue weighted by molar-refractivity contribution is 0.238. The minimum absolute atomic E-state index is 0.136. The van der Waals surface area contributed by atoms with Crippen LogP contribution in [0.3, 0.4) is 0 Å². The van der Waals surface area contributed by atoms with Crippen molar-refractivity contribution < 1.29 is 4.79 Å². The van der Waals surface area contributed by atoms with E-state index in [9.17, 15) is 4.79 Å². The summed E-state index contributed by atoms with van der Waals surface area (Å²) in [6.45, 7) is 3.90. The molecule has 7 heteroatoms. The van der Waals surface area contributed by atoms with Gasteiger partial charge in [-0.15, -0.1) is 0 Å². The summed E-state index contributed by atoms with van der Waals surface area (Å²) in [7, 11) is 0. The molecule has 0 aromatic carbocycles. The Balaban J connectivity index is 1.74. The molecule has 0 bridgehead atoms. The largest absolute Gasteiger partial charge is 0.338 e. The number of amides is 2. The minimum atomic E-state index is -0.136. The van der Waals surface area contributed by atoms with Gasteiger partial charge in [0.25, 0.3) is 0 Å². The average Bonchev–Trinajstić information content (AvgIpc) is 3.03. The first kappa shape index (κ1) is 14.0. The molecule has 0 spiro atoms. The monoisotopic (exact) mass is 283 g/mol. The van der Waals surface area contributed by atoms with Gasteiger partial charge in [-0.25, -0.2) is 4.79 Å². The first-order valence-corrected chi connectivity index (χ1v) is 7.27. The van der Waals surface area contributed by atoms with Crippen LogP contribution in [-0.2, 0) is 13.1 Å². The highest BCUT2D eigenvalue weighted by Gasteiger charge is 2.15. The van der Waals surface area contributed by atoms with Crippen molar-refractivity contribution in [2.45, 2.75) is 45.7 Å². The van der Waals surface area contributed by atoms with E-state index >= 15 is 0 Å². The minimum Gasteiger partial charge on any atom is -0.338 e. The molecule has 19 heavy (non-hydrogen) atoms. The molecular formula is C12H21N5OS. The van der Waals surface area contributed by atoms with Gasteiger partial charge < -0.3 is 15.2 Å². The summed E-state index contributed by atoms with van der Waals surface area (Å²) >= 11 is 5.09. The number of carbonyl (C=O) groups excluding carboxylic acids is 1. The zero-order chi connectivity index (χ0) is 13.7. The average molecular weight is 283 g/mol. The number of hydrogen-bond donors (Lipinski definition) is 3. The highest BCUT2D eigenvalue weighted by atomic mass is 32.1. The molecule has 0 unspecified atom stereocenters. The predicted molar refractivity (Wildman–Crippen MR) is 75.3 cm³/mol. The Labute approximate surface area is 118 Å². The van der Waals surface area contributed by atoms with Gasteiger partial charge in [0.2, 0.25) is 0 Å². The van der Waals surface area contributed by atoms with Crippen LogP contribution < -0.4 is 10.6 Å². The van der Waals surface area contributed by atoms with Crippen LogP contribution in [-0.4, -0.2) is 27.3 Å². The molecule has 3 N–H and O–H groups in total. The lowest BCUT2D eigenvalue weighted by Gasteiger charge is -2.11. The Morgan fingerprint density at radius 2 is 2.21 bits per heavy atom. The van der Waals surface area contributed by atoms with Gasteiger partial charge in [0.05, 0.1) is 6.54 Å². The van der Waals surface area contributed by atoms with Crippen LogP contribution in [0, 0.1) is 10.7 Å². The van der Waals surface area contributed by atoms with E-state index in [-0.39, 0.29) is 6.03 Å². The molecule has 2 amide bonds. The molecule has 1 aromatic rings. The normalized spacial score (nSPS) is 15.6. The molecule has 1 aliphatic rings. The van der Waals surface area contributed by atoms with E-state index in [1.165, 1.54) is 25.7 Å². The van der Waals surface area contributed by atoms with Crippen molar-refractivity contribution in [3.05, 3.63) is 10.6 Å². The summed E-state index contributed by atoms with van der Waals surface area (Å²) in [5.41, 5.74) is 0. The van der Waals surface area contributed by atoms with Crippen LogP contribution in [0.1, 0.15) is 38.4 Å². The van der Waals surface area contributed by atoms with Crippen molar-refractivity contribution in [2.24, 2.45) is 5.92 Å². The van der Waals surface area contributed by atoms with E-state index in [2.05, 4.69) is 20.8 Å². The topological polar surface area (TPSA) is 74.7 Å². The van der Waals surface area contributed by atoms with Crippen molar-refractivity contribution in [2.75, 3.05) is 6.54 Å². The number of carbonyl (C=O) groups is 1. The Kier molecular flexibility index (Phi) is 4.95. The number of nitrogens with one attached hydrogen (secondary N) is 3. The van der Waals surface area contributed by atoms with Gasteiger partial charge >= 0.3 is 6.03 Å². The van der Waals surface area contributed by atoms with Crippen LogP contribution >= 0.6 is 12.2 Å². The summed E-state index contributed by atoms with van der Waals surface area (Å²) in [5, 5.41) is 12.6. The Hall–Kier alpha value is -1.37. The van der Waals surface area contributed by atoms with E-state index in [0.29, 0.717) is 17.2 Å². The number of H-pyrrole nitrogens is 1. The van der Waals surface area contributed by atoms with Crippen LogP contribution in [0.4, 0.5) is 4.79 Å². The molecule has 0 radical (unpaired) electrons. The van der Waals surface area contributed by atoms with Gasteiger partial charge in [0.15, 0.2) is 10.6 Å². The second kappa shape index (κ2) is 6.70. The maximum Gasteiger partial charge on any atom is 0.315 e. The number of hydrogen-bond acceptors (Lipinski definition) is 3. The summed E-state index contributed by atoms with van der Waals surface area (Å²) in [5.74, 6) is 1.40. The molecule has 1 heterocycles. The van der Waals surface area contributed by atoms with E-state index in [1.54, 1.807) is 0 Å². The maximum atomic E-state index is 11.7. The third-order valence-corrected chi connectivity index (χ3v) is 3.90. The first-order valence-electron chi connectivity index (χ1n) is 6.86. The molecule has 1 fully saturated rings. The third-order valence-electron chi connectivity index (χ3n) is 3.59. The molecule has 1 aromatic heterocycles. The SMILES string of the molecule is CCn1c(CNC(=O)NCC2CCCC2)n[nH]c1=S. The van der Waals surface area contributed by atoms with Gasteiger partial charge in [-0.1, -0.05) is 12.8 Å². The molecule has 106 valence electrons. The summed E-state index contributed by atoms with van der Waals surface area (Å²) in [6.07, 6.45) is 5.04. The second-order valence-electron chi connectivity index (χ2n) is 4.90. The van der Waals surface area contributed by atoms with E-state index in [0.717, 1.165) is 18.9 Å². The molecule has 1 saturated carbocycles. The Morgan fingerprint density at radius 3 is 2.89 bits per heavy atom. The summed E-state index contributed by atoms with van der Waals surface area (Å²) in [6, 6.07) is -0.136. The molecule has 0 saturated heterocycles. The highest BCUT2D eigenvalue weighted by molar-refractivity contribution is 7.71. The molecule has 0 atom stereocenters. The van der Waals surface area contributed by atoms with Gasteiger partial charge in [-0.2, -0.15) is 5.10 Å². The van der Waals surface area contributed by atoms with Crippen LogP contribution in [0.25, 0.3) is 0 Å². The Bertz CT molecular complexity index is 475. The summed E-state index contributed by atoms with van der Waals surface area (Å²) in [4.78, 5) is 11.7. The van der Waals surface area contributed by atoms with Crippen molar-refractivity contribution in [3.63, 3.8) is 0 Å². The lowest BCUT2D eigenvalue weighted by atomic mass is 10.1. The van der Waals surface area contributed by atoms with E-state index in [4.69, 9.17) is 12.2 Å². The van der Waals surface area contributed by atoms with Crippen LogP contribution in [0.2, 0.25) is 0 Å². The molecule has 0 aliphatic heterocycles. The highest BCUT2D eigenvalue weighted by Crippen LogP contribution is 2.23. The van der Waals surface area contributed by atoms with Crippen LogP contribution in [0.5, 0.6) is 0 Å². The molecule has 1 aliphatic carbocycles. The number of aromatic nitrogens is 3. The fourth-order valence-electron chi connectivity index (χ4n) is 2.48. The van der Waals surface area contributed by atoms with Crippen molar-refractivity contribution in [1.29, 1.82) is 0 Å². The van der Waals surface area contributed by atoms with E-state index < -0.39 is 0 Å². The van der Waals surface area contributed by atoms with Crippen molar-refractivity contribution in [3.8, 4) is 0 Å². The zero-order valence-corrected chi connectivity index (χ0v) is 12.1. The molecular weight excluding hydrogens is 262 g/mol. The second-order valence-corrected chi connectivity index (χ2v) is 5.29. The van der Waals surface area contributed by atoms with Crippen molar-refractivity contribution in [1.82, 2.24) is 25.4 Å². The standard InChI is InChI=1S/C12H21N5OS/c1-2-17-10(15-16-12(17)19)8-14-11(18)13-7-9-5-3-4-6-9/h9H,2-8H2,1H3,(H,16,19)(H2,13,14,18). The fraction of sp³-hybridized carbons (Fsp3) is 0.750. The fourth-order valence-corrected chi connectivity index (χ4v) is 2.76. The first-order chi connectivity index (χ1) is 9.20. The van der Waals surface area contributed by atoms with Crippen molar-refractivity contribution >= 4 is 18.2 Å². The van der Waals surface area contributed by atoms with E-state index in [1.807, 2.05) is 11.5 Å². The van der Waals surface area contributed by atoms with Gasteiger partial charge in [-0.3, -0.25) is 5.10 Å². The zero-order valence-electron chi connectivity index (χ0n) is 11.2. The van der Waals surface area contributed by atoms with Gasteiger partial charge in [0, 0.05) is 13.1 Å². The maximum absolute atomic E-state index is 11.7. The third kappa shape index (κ3) is 3.79. The number of urea groups is 1. The molecule has 2 rings (SSSR count). The number of nitrogens with zero attached hydrogens (tertiary/aromatic N) is 2. The molecule has 6 nitrogen and oxygen atoms in total. The predicted octanol–water partition coefficient (Wildman–Crippen LogP) is 1.95. The number of aromatic amines is 1. The van der Waals surface area contributed by atoms with Gasteiger partial charge in [0.1, 0.15) is 0 Å². The smallest absolute Gasteiger partial charge is 0.315 e.